The van der Waals surface area contributed by atoms with Crippen molar-refractivity contribution in [3.63, 3.8) is 0 Å². The number of aromatic carboxylic acids is 1. The molecule has 104 valence electrons. The minimum absolute atomic E-state index is 0.164. The Morgan fingerprint density at radius 3 is 2.89 bits per heavy atom. The molecule has 1 aliphatic rings. The van der Waals surface area contributed by atoms with E-state index in [0.29, 0.717) is 11.6 Å². The molecule has 2 atom stereocenters. The van der Waals surface area contributed by atoms with Crippen LogP contribution in [0.4, 0.5) is 11.4 Å². The molecule has 4 nitrogen and oxygen atoms in total. The smallest absolute Gasteiger partial charge is 0.337 e. The highest BCUT2D eigenvalue weighted by molar-refractivity contribution is 5.94. The summed E-state index contributed by atoms with van der Waals surface area (Å²) in [5.41, 5.74) is 7.11. The molecule has 0 aliphatic heterocycles. The van der Waals surface area contributed by atoms with Crippen LogP contribution in [0.2, 0.25) is 0 Å². The van der Waals surface area contributed by atoms with Crippen molar-refractivity contribution in [2.45, 2.75) is 32.6 Å². The maximum absolute atomic E-state index is 10.9. The summed E-state index contributed by atoms with van der Waals surface area (Å²) in [4.78, 5) is 10.9. The lowest BCUT2D eigenvalue weighted by Gasteiger charge is -2.27. The van der Waals surface area contributed by atoms with Crippen molar-refractivity contribution in [2.24, 2.45) is 11.8 Å². The van der Waals surface area contributed by atoms with E-state index in [1.165, 1.54) is 25.7 Å². The van der Waals surface area contributed by atoms with Gasteiger partial charge in [-0.1, -0.05) is 19.8 Å². The Bertz CT molecular complexity index is 459. The number of rotatable bonds is 4. The van der Waals surface area contributed by atoms with Gasteiger partial charge in [0.15, 0.2) is 0 Å². The number of nitrogen functional groups attached to an aromatic ring is 1. The zero-order chi connectivity index (χ0) is 13.8. The molecule has 4 heteroatoms. The Labute approximate surface area is 114 Å². The van der Waals surface area contributed by atoms with Crippen LogP contribution in [0.5, 0.6) is 0 Å². The van der Waals surface area contributed by atoms with Gasteiger partial charge in [-0.05, 0) is 42.9 Å². The van der Waals surface area contributed by atoms with Crippen molar-refractivity contribution in [3.8, 4) is 0 Å². The van der Waals surface area contributed by atoms with Crippen LogP contribution in [0.25, 0.3) is 0 Å². The molecule has 1 aliphatic carbocycles. The van der Waals surface area contributed by atoms with Gasteiger partial charge in [0.05, 0.1) is 5.56 Å². The SMILES string of the molecule is CC1CCCC(CNc2ccc(C(=O)O)c(N)c2)C1. The number of carboxylic acid groups (broad SMARTS) is 1. The van der Waals surface area contributed by atoms with Crippen molar-refractivity contribution >= 4 is 17.3 Å². The second kappa shape index (κ2) is 5.95. The largest absolute Gasteiger partial charge is 0.478 e. The van der Waals surface area contributed by atoms with E-state index in [2.05, 4.69) is 12.2 Å². The Morgan fingerprint density at radius 2 is 2.26 bits per heavy atom. The summed E-state index contributed by atoms with van der Waals surface area (Å²) in [5.74, 6) is 0.550. The first-order valence-corrected chi connectivity index (χ1v) is 6.93. The van der Waals surface area contributed by atoms with Gasteiger partial charge in [-0.15, -0.1) is 0 Å². The van der Waals surface area contributed by atoms with E-state index in [0.717, 1.165) is 18.2 Å². The predicted molar refractivity (Wildman–Crippen MR) is 77.4 cm³/mol. The van der Waals surface area contributed by atoms with Gasteiger partial charge >= 0.3 is 5.97 Å². The fraction of sp³-hybridized carbons (Fsp3) is 0.533. The minimum atomic E-state index is -0.981. The maximum atomic E-state index is 10.9. The lowest BCUT2D eigenvalue weighted by molar-refractivity contribution is 0.0698. The Balaban J connectivity index is 1.92. The summed E-state index contributed by atoms with van der Waals surface area (Å²) in [5, 5.41) is 12.3. The third-order valence-corrected chi connectivity index (χ3v) is 3.92. The summed E-state index contributed by atoms with van der Waals surface area (Å²) >= 11 is 0. The lowest BCUT2D eigenvalue weighted by atomic mass is 9.82. The average Bonchev–Trinajstić information content (AvgIpc) is 2.36. The fourth-order valence-electron chi connectivity index (χ4n) is 2.87. The molecular formula is C15H22N2O2. The summed E-state index contributed by atoms with van der Waals surface area (Å²) in [7, 11) is 0. The third kappa shape index (κ3) is 3.63. The van der Waals surface area contributed by atoms with Gasteiger partial charge in [0.1, 0.15) is 0 Å². The number of carboxylic acids is 1. The number of anilines is 2. The molecule has 2 unspecified atom stereocenters. The molecule has 1 fully saturated rings. The van der Waals surface area contributed by atoms with Gasteiger partial charge in [-0.3, -0.25) is 0 Å². The van der Waals surface area contributed by atoms with Crippen molar-refractivity contribution in [1.29, 1.82) is 0 Å². The van der Waals surface area contributed by atoms with Crippen LogP contribution in [0.3, 0.4) is 0 Å². The maximum Gasteiger partial charge on any atom is 0.337 e. The summed E-state index contributed by atoms with van der Waals surface area (Å²) in [6.45, 7) is 3.25. The van der Waals surface area contributed by atoms with Crippen LogP contribution in [-0.2, 0) is 0 Å². The van der Waals surface area contributed by atoms with Crippen LogP contribution in [-0.4, -0.2) is 17.6 Å². The van der Waals surface area contributed by atoms with E-state index in [-0.39, 0.29) is 5.56 Å². The monoisotopic (exact) mass is 262 g/mol. The zero-order valence-corrected chi connectivity index (χ0v) is 11.4. The standard InChI is InChI=1S/C15H22N2O2/c1-10-3-2-4-11(7-10)9-17-12-5-6-13(15(18)19)14(16)8-12/h5-6,8,10-11,17H,2-4,7,9,16H2,1H3,(H,18,19). The van der Waals surface area contributed by atoms with Crippen LogP contribution < -0.4 is 11.1 Å². The van der Waals surface area contributed by atoms with Gasteiger partial charge in [0.2, 0.25) is 0 Å². The molecule has 0 spiro atoms. The molecular weight excluding hydrogens is 240 g/mol. The second-order valence-electron chi connectivity index (χ2n) is 5.63. The van der Waals surface area contributed by atoms with E-state index in [4.69, 9.17) is 10.8 Å². The van der Waals surface area contributed by atoms with Gasteiger partial charge in [0.25, 0.3) is 0 Å². The molecule has 0 heterocycles. The van der Waals surface area contributed by atoms with Gasteiger partial charge < -0.3 is 16.2 Å². The van der Waals surface area contributed by atoms with Gasteiger partial charge in [-0.2, -0.15) is 0 Å². The highest BCUT2D eigenvalue weighted by Crippen LogP contribution is 2.29. The highest BCUT2D eigenvalue weighted by atomic mass is 16.4. The first-order valence-electron chi connectivity index (χ1n) is 6.93. The van der Waals surface area contributed by atoms with E-state index in [1.807, 2.05) is 0 Å². The van der Waals surface area contributed by atoms with Crippen LogP contribution in [0.1, 0.15) is 43.0 Å². The molecule has 0 amide bonds. The van der Waals surface area contributed by atoms with Crippen molar-refractivity contribution in [3.05, 3.63) is 23.8 Å². The summed E-state index contributed by atoms with van der Waals surface area (Å²) in [6, 6.07) is 5.05. The highest BCUT2D eigenvalue weighted by Gasteiger charge is 2.18. The molecule has 0 radical (unpaired) electrons. The molecule has 4 N–H and O–H groups in total. The third-order valence-electron chi connectivity index (χ3n) is 3.92. The molecule has 1 saturated carbocycles. The Kier molecular flexibility index (Phi) is 4.30. The zero-order valence-electron chi connectivity index (χ0n) is 11.4. The number of benzene rings is 1. The minimum Gasteiger partial charge on any atom is -0.478 e. The number of nitrogens with one attached hydrogen (secondary N) is 1. The number of hydrogen-bond acceptors (Lipinski definition) is 3. The first kappa shape index (κ1) is 13.7. The van der Waals surface area contributed by atoms with Crippen molar-refractivity contribution in [2.75, 3.05) is 17.6 Å². The summed E-state index contributed by atoms with van der Waals surface area (Å²) < 4.78 is 0. The number of carbonyl (C=O) groups is 1. The Hall–Kier alpha value is -1.71. The molecule has 0 bridgehead atoms. The Morgan fingerprint density at radius 1 is 1.47 bits per heavy atom. The molecule has 0 saturated heterocycles. The van der Waals surface area contributed by atoms with Crippen LogP contribution in [0.15, 0.2) is 18.2 Å². The molecule has 0 aromatic heterocycles. The molecule has 19 heavy (non-hydrogen) atoms. The second-order valence-corrected chi connectivity index (χ2v) is 5.63. The quantitative estimate of drug-likeness (QED) is 0.728. The van der Waals surface area contributed by atoms with Gasteiger partial charge in [0, 0.05) is 17.9 Å². The fourth-order valence-corrected chi connectivity index (χ4v) is 2.87. The average molecular weight is 262 g/mol. The summed E-state index contributed by atoms with van der Waals surface area (Å²) in [6.07, 6.45) is 5.21. The van der Waals surface area contributed by atoms with Crippen LogP contribution >= 0.6 is 0 Å². The topological polar surface area (TPSA) is 75.3 Å². The van der Waals surface area contributed by atoms with Crippen molar-refractivity contribution < 1.29 is 9.90 Å². The van der Waals surface area contributed by atoms with E-state index in [9.17, 15) is 4.79 Å². The van der Waals surface area contributed by atoms with Crippen molar-refractivity contribution in [1.82, 2.24) is 0 Å². The molecule has 2 rings (SSSR count). The van der Waals surface area contributed by atoms with Gasteiger partial charge in [-0.25, -0.2) is 4.79 Å². The van der Waals surface area contributed by atoms with E-state index < -0.39 is 5.97 Å². The van der Waals surface area contributed by atoms with E-state index >= 15 is 0 Å². The van der Waals surface area contributed by atoms with E-state index in [1.54, 1.807) is 18.2 Å². The predicted octanol–water partition coefficient (Wildman–Crippen LogP) is 3.21. The number of nitrogens with two attached hydrogens (primary N) is 1. The molecule has 1 aromatic rings. The number of hydrogen-bond donors (Lipinski definition) is 3. The lowest BCUT2D eigenvalue weighted by Crippen LogP contribution is -2.21. The normalized spacial score (nSPS) is 23.0. The van der Waals surface area contributed by atoms with Crippen LogP contribution in [0, 0.1) is 11.8 Å². The molecule has 1 aromatic carbocycles. The first-order chi connectivity index (χ1) is 9.06.